The van der Waals surface area contributed by atoms with Crippen LogP contribution in [0, 0.1) is 6.92 Å². The number of furan rings is 1. The number of nitrogens with zero attached hydrogens (tertiary/aromatic N) is 1. The van der Waals surface area contributed by atoms with Crippen LogP contribution in [0.4, 0.5) is 5.69 Å². The molecule has 0 atom stereocenters. The number of hydrazone groups is 1. The standard InChI is InChI=1S/C22H21N3O5/c1-15-6-3-4-7-17(15)23-14-21(26)25-24-13-16-9-10-18(20(12-16)28-2)30-22(27)19-8-5-11-29-19/h3-13,23H,14H2,1-2H3,(H,25,26). The van der Waals surface area contributed by atoms with E-state index in [-0.39, 0.29) is 24.0 Å². The highest BCUT2D eigenvalue weighted by Gasteiger charge is 2.14. The molecule has 0 unspecified atom stereocenters. The summed E-state index contributed by atoms with van der Waals surface area (Å²) in [5.74, 6) is -0.253. The maximum absolute atomic E-state index is 12.0. The van der Waals surface area contributed by atoms with Crippen molar-refractivity contribution in [2.75, 3.05) is 19.0 Å². The number of amides is 1. The van der Waals surface area contributed by atoms with Crippen LogP contribution in [-0.4, -0.2) is 31.7 Å². The third-order valence-electron chi connectivity index (χ3n) is 4.10. The number of ether oxygens (including phenoxy) is 2. The Morgan fingerprint density at radius 3 is 2.67 bits per heavy atom. The molecule has 0 bridgehead atoms. The molecule has 0 aliphatic heterocycles. The topological polar surface area (TPSA) is 102 Å². The SMILES string of the molecule is COc1cc(C=NNC(=O)CNc2ccccc2C)ccc1OC(=O)c1ccco1. The molecular weight excluding hydrogens is 386 g/mol. The first-order valence-corrected chi connectivity index (χ1v) is 9.12. The highest BCUT2D eigenvalue weighted by Crippen LogP contribution is 2.28. The second-order valence-corrected chi connectivity index (χ2v) is 6.24. The summed E-state index contributed by atoms with van der Waals surface area (Å²) in [5, 5.41) is 6.99. The van der Waals surface area contributed by atoms with E-state index in [1.165, 1.54) is 25.7 Å². The number of anilines is 1. The Hall–Kier alpha value is -4.07. The van der Waals surface area contributed by atoms with Gasteiger partial charge >= 0.3 is 5.97 Å². The highest BCUT2D eigenvalue weighted by molar-refractivity contribution is 5.89. The summed E-state index contributed by atoms with van der Waals surface area (Å²) < 4.78 is 15.6. The Labute approximate surface area is 173 Å². The van der Waals surface area contributed by atoms with Gasteiger partial charge in [0.05, 0.1) is 26.1 Å². The van der Waals surface area contributed by atoms with E-state index in [9.17, 15) is 9.59 Å². The molecule has 1 aromatic heterocycles. The third-order valence-corrected chi connectivity index (χ3v) is 4.10. The highest BCUT2D eigenvalue weighted by atomic mass is 16.6. The van der Waals surface area contributed by atoms with Crippen LogP contribution in [0.3, 0.4) is 0 Å². The first-order chi connectivity index (χ1) is 14.6. The first kappa shape index (κ1) is 20.7. The maximum Gasteiger partial charge on any atom is 0.379 e. The van der Waals surface area contributed by atoms with Crippen LogP contribution in [0.15, 0.2) is 70.4 Å². The number of hydrogen-bond acceptors (Lipinski definition) is 7. The van der Waals surface area contributed by atoms with Crippen LogP contribution in [-0.2, 0) is 4.79 Å². The number of aryl methyl sites for hydroxylation is 1. The fourth-order valence-electron chi connectivity index (χ4n) is 2.56. The van der Waals surface area contributed by atoms with E-state index in [2.05, 4.69) is 15.8 Å². The minimum atomic E-state index is -0.631. The van der Waals surface area contributed by atoms with Crippen molar-refractivity contribution < 1.29 is 23.5 Å². The lowest BCUT2D eigenvalue weighted by molar-refractivity contribution is -0.119. The van der Waals surface area contributed by atoms with E-state index in [4.69, 9.17) is 13.9 Å². The summed E-state index contributed by atoms with van der Waals surface area (Å²) in [7, 11) is 1.46. The molecule has 1 heterocycles. The molecular formula is C22H21N3O5. The summed E-state index contributed by atoms with van der Waals surface area (Å²) in [6.45, 7) is 2.05. The molecule has 3 aromatic rings. The van der Waals surface area contributed by atoms with Gasteiger partial charge in [-0.2, -0.15) is 5.10 Å². The Kier molecular flexibility index (Phi) is 6.83. The molecule has 0 radical (unpaired) electrons. The second kappa shape index (κ2) is 9.92. The Morgan fingerprint density at radius 2 is 1.93 bits per heavy atom. The van der Waals surface area contributed by atoms with Gasteiger partial charge in [0.1, 0.15) is 0 Å². The van der Waals surface area contributed by atoms with Gasteiger partial charge in [0.2, 0.25) is 5.76 Å². The molecule has 0 aliphatic rings. The zero-order valence-corrected chi connectivity index (χ0v) is 16.5. The van der Waals surface area contributed by atoms with Crippen LogP contribution >= 0.6 is 0 Å². The minimum absolute atomic E-state index is 0.0877. The lowest BCUT2D eigenvalue weighted by atomic mass is 10.2. The van der Waals surface area contributed by atoms with E-state index in [1.807, 2.05) is 31.2 Å². The molecule has 154 valence electrons. The number of methoxy groups -OCH3 is 1. The summed E-state index contributed by atoms with van der Waals surface area (Å²) in [6.07, 6.45) is 2.85. The van der Waals surface area contributed by atoms with Gasteiger partial charge in [0.25, 0.3) is 5.91 Å². The summed E-state index contributed by atoms with van der Waals surface area (Å²) in [4.78, 5) is 24.0. The van der Waals surface area contributed by atoms with Crippen LogP contribution in [0.1, 0.15) is 21.7 Å². The predicted molar refractivity (Wildman–Crippen MR) is 112 cm³/mol. The average molecular weight is 407 g/mol. The van der Waals surface area contributed by atoms with E-state index in [0.717, 1.165) is 11.3 Å². The number of carbonyl (C=O) groups is 2. The molecule has 1 amide bonds. The van der Waals surface area contributed by atoms with Crippen molar-refractivity contribution in [1.29, 1.82) is 0 Å². The summed E-state index contributed by atoms with van der Waals surface area (Å²) in [5.41, 5.74) is 5.04. The van der Waals surface area contributed by atoms with Crippen LogP contribution in [0.2, 0.25) is 0 Å². The van der Waals surface area contributed by atoms with Crippen molar-refractivity contribution in [1.82, 2.24) is 5.43 Å². The van der Waals surface area contributed by atoms with E-state index < -0.39 is 5.97 Å². The molecule has 2 aromatic carbocycles. The fourth-order valence-corrected chi connectivity index (χ4v) is 2.56. The van der Waals surface area contributed by atoms with Gasteiger partial charge in [-0.15, -0.1) is 0 Å². The minimum Gasteiger partial charge on any atom is -0.493 e. The predicted octanol–water partition coefficient (Wildman–Crippen LogP) is 3.38. The van der Waals surface area contributed by atoms with Crippen molar-refractivity contribution in [3.05, 3.63) is 77.7 Å². The molecule has 8 heteroatoms. The lowest BCUT2D eigenvalue weighted by Gasteiger charge is -2.09. The van der Waals surface area contributed by atoms with Gasteiger partial charge in [-0.3, -0.25) is 4.79 Å². The number of hydrogen-bond donors (Lipinski definition) is 2. The quantitative estimate of drug-likeness (QED) is 0.257. The van der Waals surface area contributed by atoms with Crippen LogP contribution in [0.5, 0.6) is 11.5 Å². The summed E-state index contributed by atoms with van der Waals surface area (Å²) >= 11 is 0. The molecule has 0 fully saturated rings. The molecule has 0 spiro atoms. The molecule has 0 aliphatic carbocycles. The number of nitrogens with one attached hydrogen (secondary N) is 2. The molecule has 8 nitrogen and oxygen atoms in total. The normalized spacial score (nSPS) is 10.6. The lowest BCUT2D eigenvalue weighted by Crippen LogP contribution is -2.26. The maximum atomic E-state index is 12.0. The Bertz CT molecular complexity index is 1040. The van der Waals surface area contributed by atoms with E-state index in [1.54, 1.807) is 24.3 Å². The molecule has 3 rings (SSSR count). The van der Waals surface area contributed by atoms with Gasteiger partial charge in [-0.05, 0) is 54.4 Å². The van der Waals surface area contributed by atoms with Crippen molar-refractivity contribution in [3.8, 4) is 11.5 Å². The van der Waals surface area contributed by atoms with Gasteiger partial charge < -0.3 is 19.2 Å². The third kappa shape index (κ3) is 5.48. The van der Waals surface area contributed by atoms with E-state index in [0.29, 0.717) is 11.3 Å². The summed E-state index contributed by atoms with van der Waals surface area (Å²) in [6, 6.07) is 15.7. The number of carbonyl (C=O) groups excluding carboxylic acids is 2. The van der Waals surface area contributed by atoms with Crippen molar-refractivity contribution >= 4 is 23.8 Å². The Morgan fingerprint density at radius 1 is 1.10 bits per heavy atom. The second-order valence-electron chi connectivity index (χ2n) is 6.24. The average Bonchev–Trinajstić information content (AvgIpc) is 3.29. The largest absolute Gasteiger partial charge is 0.493 e. The number of esters is 1. The molecule has 30 heavy (non-hydrogen) atoms. The van der Waals surface area contributed by atoms with Crippen LogP contribution < -0.4 is 20.2 Å². The first-order valence-electron chi connectivity index (χ1n) is 9.12. The fraction of sp³-hybridized carbons (Fsp3) is 0.136. The number of para-hydroxylation sites is 1. The van der Waals surface area contributed by atoms with Gasteiger partial charge in [0, 0.05) is 5.69 Å². The van der Waals surface area contributed by atoms with Crippen molar-refractivity contribution in [2.24, 2.45) is 5.10 Å². The van der Waals surface area contributed by atoms with Crippen molar-refractivity contribution in [2.45, 2.75) is 6.92 Å². The van der Waals surface area contributed by atoms with Crippen LogP contribution in [0.25, 0.3) is 0 Å². The van der Waals surface area contributed by atoms with Crippen molar-refractivity contribution in [3.63, 3.8) is 0 Å². The monoisotopic (exact) mass is 407 g/mol. The number of benzene rings is 2. The number of rotatable bonds is 8. The molecule has 2 N–H and O–H groups in total. The van der Waals surface area contributed by atoms with Gasteiger partial charge in [-0.25, -0.2) is 10.2 Å². The zero-order valence-electron chi connectivity index (χ0n) is 16.5. The Balaban J connectivity index is 1.55. The van der Waals surface area contributed by atoms with Gasteiger partial charge in [-0.1, -0.05) is 18.2 Å². The molecule has 0 saturated heterocycles. The zero-order chi connectivity index (χ0) is 21.3. The smallest absolute Gasteiger partial charge is 0.379 e. The molecule has 0 saturated carbocycles. The van der Waals surface area contributed by atoms with E-state index >= 15 is 0 Å². The van der Waals surface area contributed by atoms with Gasteiger partial charge in [0.15, 0.2) is 11.5 Å².